The molecule has 3 heterocycles. The van der Waals surface area contributed by atoms with Gasteiger partial charge in [0, 0.05) is 23.5 Å². The number of carbonyl (C=O) groups excluding carboxylic acids is 1. The second-order valence-electron chi connectivity index (χ2n) is 6.90. The van der Waals surface area contributed by atoms with Gasteiger partial charge in [-0.25, -0.2) is 0 Å². The summed E-state index contributed by atoms with van der Waals surface area (Å²) >= 11 is 1.37. The van der Waals surface area contributed by atoms with Crippen LogP contribution in [0.4, 0.5) is 0 Å². The average Bonchev–Trinajstić information content (AvgIpc) is 3.45. The van der Waals surface area contributed by atoms with E-state index in [0.717, 1.165) is 17.0 Å². The molecule has 0 aliphatic carbocycles. The number of Topliss-reactive ketones (excluding diaryl/α,β-unsaturated/α-hetero) is 1. The van der Waals surface area contributed by atoms with Gasteiger partial charge in [-0.15, -0.1) is 10.2 Å². The molecule has 7 nitrogen and oxygen atoms in total. The molecule has 0 saturated heterocycles. The van der Waals surface area contributed by atoms with E-state index in [9.17, 15) is 4.79 Å². The van der Waals surface area contributed by atoms with Gasteiger partial charge in [-0.1, -0.05) is 42.1 Å². The minimum absolute atomic E-state index is 0.0134. The van der Waals surface area contributed by atoms with Gasteiger partial charge in [0.1, 0.15) is 0 Å². The van der Waals surface area contributed by atoms with Gasteiger partial charge in [0.2, 0.25) is 6.79 Å². The Morgan fingerprint density at radius 2 is 1.87 bits per heavy atom. The Balaban J connectivity index is 1.39. The molecule has 2 aromatic carbocycles. The standard InChI is InChI=1S/C23H18N4O3S/c28-19(17-8-9-20-21(11-17)30-15-29-20)14-31-23-26-25-22(18-7-4-10-24-12-18)27(23)13-16-5-2-1-3-6-16/h1-12H,13-15H2. The zero-order valence-corrected chi connectivity index (χ0v) is 17.3. The first-order valence-corrected chi connectivity index (χ1v) is 10.7. The van der Waals surface area contributed by atoms with Crippen LogP contribution in [0.15, 0.2) is 78.2 Å². The number of aromatic nitrogens is 4. The highest BCUT2D eigenvalue weighted by molar-refractivity contribution is 7.99. The number of nitrogens with zero attached hydrogens (tertiary/aromatic N) is 4. The zero-order chi connectivity index (χ0) is 21.0. The molecule has 0 saturated carbocycles. The SMILES string of the molecule is O=C(CSc1nnc(-c2cccnc2)n1Cc1ccccc1)c1ccc2c(c1)OCO2. The monoisotopic (exact) mass is 430 g/mol. The van der Waals surface area contributed by atoms with Crippen LogP contribution in [0.3, 0.4) is 0 Å². The maximum Gasteiger partial charge on any atom is 0.231 e. The topological polar surface area (TPSA) is 79.1 Å². The molecule has 1 aliphatic heterocycles. The smallest absolute Gasteiger partial charge is 0.231 e. The highest BCUT2D eigenvalue weighted by atomic mass is 32.2. The van der Waals surface area contributed by atoms with Crippen molar-refractivity contribution in [3.05, 3.63) is 84.2 Å². The lowest BCUT2D eigenvalue weighted by Gasteiger charge is -2.10. The summed E-state index contributed by atoms with van der Waals surface area (Å²) in [5, 5.41) is 9.43. The van der Waals surface area contributed by atoms with Gasteiger partial charge in [0.25, 0.3) is 0 Å². The number of ether oxygens (including phenoxy) is 2. The van der Waals surface area contributed by atoms with E-state index in [2.05, 4.69) is 27.3 Å². The fourth-order valence-corrected chi connectivity index (χ4v) is 4.13. The number of hydrogen-bond donors (Lipinski definition) is 0. The van der Waals surface area contributed by atoms with Crippen molar-refractivity contribution in [1.82, 2.24) is 19.7 Å². The molecular formula is C23H18N4O3S. The Bertz CT molecular complexity index is 1210. The molecule has 0 fully saturated rings. The van der Waals surface area contributed by atoms with E-state index in [1.807, 2.05) is 34.9 Å². The first kappa shape index (κ1) is 19.3. The van der Waals surface area contributed by atoms with Crippen molar-refractivity contribution in [1.29, 1.82) is 0 Å². The predicted octanol–water partition coefficient (Wildman–Crippen LogP) is 4.09. The van der Waals surface area contributed by atoms with Gasteiger partial charge >= 0.3 is 0 Å². The van der Waals surface area contributed by atoms with Crippen LogP contribution in [0.25, 0.3) is 11.4 Å². The summed E-state index contributed by atoms with van der Waals surface area (Å²) in [5.74, 6) is 2.20. The summed E-state index contributed by atoms with van der Waals surface area (Å²) in [6.45, 7) is 0.778. The Morgan fingerprint density at radius 3 is 2.71 bits per heavy atom. The van der Waals surface area contributed by atoms with Crippen molar-refractivity contribution < 1.29 is 14.3 Å². The molecule has 5 rings (SSSR count). The number of rotatable bonds is 7. The van der Waals surface area contributed by atoms with E-state index < -0.39 is 0 Å². The second kappa shape index (κ2) is 8.61. The van der Waals surface area contributed by atoms with E-state index in [4.69, 9.17) is 9.47 Å². The van der Waals surface area contributed by atoms with Crippen molar-refractivity contribution in [2.45, 2.75) is 11.7 Å². The van der Waals surface area contributed by atoms with Crippen molar-refractivity contribution in [3.8, 4) is 22.9 Å². The largest absolute Gasteiger partial charge is 0.454 e. The fourth-order valence-electron chi connectivity index (χ4n) is 3.30. The highest BCUT2D eigenvalue weighted by Gasteiger charge is 2.19. The van der Waals surface area contributed by atoms with E-state index in [-0.39, 0.29) is 18.3 Å². The molecule has 154 valence electrons. The lowest BCUT2D eigenvalue weighted by molar-refractivity contribution is 0.102. The number of carbonyl (C=O) groups is 1. The summed E-state index contributed by atoms with van der Waals surface area (Å²) in [4.78, 5) is 17.0. The molecule has 0 atom stereocenters. The number of pyridine rings is 1. The van der Waals surface area contributed by atoms with Crippen molar-refractivity contribution in [3.63, 3.8) is 0 Å². The van der Waals surface area contributed by atoms with Gasteiger partial charge in [-0.2, -0.15) is 0 Å². The zero-order valence-electron chi connectivity index (χ0n) is 16.5. The summed E-state index contributed by atoms with van der Waals surface area (Å²) in [6, 6.07) is 19.2. The number of fused-ring (bicyclic) bond motifs is 1. The van der Waals surface area contributed by atoms with Crippen LogP contribution in [0, 0.1) is 0 Å². The summed E-state index contributed by atoms with van der Waals surface area (Å²) in [7, 11) is 0. The maximum absolute atomic E-state index is 12.8. The van der Waals surface area contributed by atoms with E-state index in [1.165, 1.54) is 11.8 Å². The third kappa shape index (κ3) is 4.15. The fraction of sp³-hybridized carbons (Fsp3) is 0.130. The number of thioether (sulfide) groups is 1. The van der Waals surface area contributed by atoms with Crippen LogP contribution in [-0.2, 0) is 6.54 Å². The molecule has 0 bridgehead atoms. The van der Waals surface area contributed by atoms with Gasteiger partial charge in [0.05, 0.1) is 12.3 Å². The summed E-state index contributed by atoms with van der Waals surface area (Å²) in [6.07, 6.45) is 3.48. The molecule has 1 aliphatic rings. The quantitative estimate of drug-likeness (QED) is 0.323. The Labute approximate surface area is 183 Å². The average molecular weight is 430 g/mol. The van der Waals surface area contributed by atoms with Crippen LogP contribution in [0.1, 0.15) is 15.9 Å². The van der Waals surface area contributed by atoms with Crippen molar-refractivity contribution in [2.75, 3.05) is 12.5 Å². The van der Waals surface area contributed by atoms with E-state index >= 15 is 0 Å². The first-order valence-electron chi connectivity index (χ1n) is 9.71. The van der Waals surface area contributed by atoms with Gasteiger partial charge in [0.15, 0.2) is 28.3 Å². The Morgan fingerprint density at radius 1 is 1.00 bits per heavy atom. The van der Waals surface area contributed by atoms with Crippen LogP contribution >= 0.6 is 11.8 Å². The lowest BCUT2D eigenvalue weighted by Crippen LogP contribution is -2.07. The molecule has 31 heavy (non-hydrogen) atoms. The van der Waals surface area contributed by atoms with Crippen LogP contribution < -0.4 is 9.47 Å². The Kier molecular flexibility index (Phi) is 5.37. The molecule has 2 aromatic heterocycles. The van der Waals surface area contributed by atoms with Crippen LogP contribution in [-0.4, -0.2) is 38.1 Å². The van der Waals surface area contributed by atoms with Gasteiger partial charge < -0.3 is 9.47 Å². The molecule has 4 aromatic rings. The molecule has 0 amide bonds. The van der Waals surface area contributed by atoms with Crippen LogP contribution in [0.5, 0.6) is 11.5 Å². The lowest BCUT2D eigenvalue weighted by atomic mass is 10.1. The van der Waals surface area contributed by atoms with Gasteiger partial charge in [-0.05, 0) is 35.9 Å². The third-order valence-electron chi connectivity index (χ3n) is 4.85. The van der Waals surface area contributed by atoms with Crippen molar-refractivity contribution >= 4 is 17.5 Å². The minimum Gasteiger partial charge on any atom is -0.454 e. The van der Waals surface area contributed by atoms with Crippen LogP contribution in [0.2, 0.25) is 0 Å². The molecule has 0 unspecified atom stereocenters. The van der Waals surface area contributed by atoms with Crippen molar-refractivity contribution in [2.24, 2.45) is 0 Å². The summed E-state index contributed by atoms with van der Waals surface area (Å²) < 4.78 is 12.7. The molecule has 0 N–H and O–H groups in total. The molecule has 0 spiro atoms. The first-order chi connectivity index (χ1) is 15.3. The normalized spacial score (nSPS) is 12.1. The third-order valence-corrected chi connectivity index (χ3v) is 5.81. The predicted molar refractivity (Wildman–Crippen MR) is 116 cm³/mol. The van der Waals surface area contributed by atoms with Gasteiger partial charge in [-0.3, -0.25) is 14.3 Å². The second-order valence-corrected chi connectivity index (χ2v) is 7.84. The van der Waals surface area contributed by atoms with E-state index in [0.29, 0.717) is 28.8 Å². The number of hydrogen-bond acceptors (Lipinski definition) is 7. The maximum atomic E-state index is 12.8. The molecular weight excluding hydrogens is 412 g/mol. The molecule has 0 radical (unpaired) electrons. The summed E-state index contributed by atoms with van der Waals surface area (Å²) in [5.41, 5.74) is 2.58. The highest BCUT2D eigenvalue weighted by Crippen LogP contribution is 2.33. The van der Waals surface area contributed by atoms with E-state index in [1.54, 1.807) is 30.6 Å². The minimum atomic E-state index is -0.0134. The Hall–Kier alpha value is -3.65. The number of benzene rings is 2. The molecule has 8 heteroatoms. The number of ketones is 1.